The van der Waals surface area contributed by atoms with E-state index in [0.29, 0.717) is 78.7 Å². The Labute approximate surface area is 324 Å². The van der Waals surface area contributed by atoms with E-state index in [0.717, 1.165) is 51.4 Å². The minimum atomic E-state index is -2.80. The van der Waals surface area contributed by atoms with Gasteiger partial charge in [-0.25, -0.2) is 9.18 Å². The Morgan fingerprint density at radius 1 is 1.06 bits per heavy atom. The Morgan fingerprint density at radius 3 is 2.42 bits per heavy atom. The SMILES string of the molecule is [B]C([B])(F)C(F)CCCSC(C)(C)C(C)(C)CC[C@@H]1Cc2cc(OC(=O)N3CCC(N4CCCC4)CC3)c(OC)cc2C2CCC3(C)C(=O)CCC3C21. The zero-order valence-corrected chi connectivity index (χ0v) is 34.0. The Morgan fingerprint density at radius 2 is 1.75 bits per heavy atom. The van der Waals surface area contributed by atoms with Gasteiger partial charge in [0.2, 0.25) is 0 Å². The summed E-state index contributed by atoms with van der Waals surface area (Å²) in [5.41, 5.74) is -0.587. The molecule has 1 aromatic rings. The highest BCUT2D eigenvalue weighted by Crippen LogP contribution is 2.62. The highest BCUT2D eigenvalue weighted by molar-refractivity contribution is 8.00. The molecule has 5 aliphatic rings. The maximum Gasteiger partial charge on any atom is 0.415 e. The Hall–Kier alpha value is -1.74. The van der Waals surface area contributed by atoms with Gasteiger partial charge in [-0.3, -0.25) is 9.18 Å². The molecule has 6 atom stereocenters. The van der Waals surface area contributed by atoms with E-state index in [1.165, 1.54) is 37.1 Å². The molecule has 4 fully saturated rings. The third-order valence-electron chi connectivity index (χ3n) is 14.8. The molecular formula is C42H62B2F2N2O4S. The first-order chi connectivity index (χ1) is 24.9. The monoisotopic (exact) mass is 750 g/mol. The Bertz CT molecular complexity index is 1480. The van der Waals surface area contributed by atoms with Crippen LogP contribution in [0.3, 0.4) is 0 Å². The molecule has 1 amide bonds. The van der Waals surface area contributed by atoms with Gasteiger partial charge in [0.1, 0.15) is 27.6 Å². The zero-order valence-electron chi connectivity index (χ0n) is 33.2. The molecule has 2 heterocycles. The second-order valence-corrected chi connectivity index (χ2v) is 20.1. The number of thioether (sulfide) groups is 1. The van der Waals surface area contributed by atoms with Crippen LogP contribution in [0.15, 0.2) is 12.1 Å². The lowest BCUT2D eigenvalue weighted by molar-refractivity contribution is -0.130. The van der Waals surface area contributed by atoms with E-state index >= 15 is 0 Å². The predicted molar refractivity (Wildman–Crippen MR) is 212 cm³/mol. The number of methoxy groups -OCH3 is 1. The molecule has 6 nitrogen and oxygen atoms in total. The molecule has 11 heteroatoms. The van der Waals surface area contributed by atoms with E-state index in [9.17, 15) is 18.4 Å². The van der Waals surface area contributed by atoms with Crippen LogP contribution in [0.4, 0.5) is 13.6 Å². The van der Waals surface area contributed by atoms with Gasteiger partial charge in [-0.05, 0) is 148 Å². The quantitative estimate of drug-likeness (QED) is 0.149. The molecule has 4 radical (unpaired) electrons. The summed E-state index contributed by atoms with van der Waals surface area (Å²) in [4.78, 5) is 31.3. The number of alkyl halides is 2. The van der Waals surface area contributed by atoms with Crippen LogP contribution in [0.1, 0.15) is 129 Å². The van der Waals surface area contributed by atoms with Crippen LogP contribution in [0.25, 0.3) is 0 Å². The summed E-state index contributed by atoms with van der Waals surface area (Å²) >= 11 is 1.80. The maximum absolute atomic E-state index is 14.1. The fourth-order valence-corrected chi connectivity index (χ4v) is 11.9. The number of halogens is 2. The van der Waals surface area contributed by atoms with Crippen LogP contribution in [-0.2, 0) is 11.2 Å². The lowest BCUT2D eigenvalue weighted by Crippen LogP contribution is -2.47. The van der Waals surface area contributed by atoms with Crippen molar-refractivity contribution >= 4 is 39.3 Å². The number of Topliss-reactive ketones (excluding diaryl/α,β-unsaturated/α-hetero) is 1. The molecule has 0 N–H and O–H groups in total. The summed E-state index contributed by atoms with van der Waals surface area (Å²) in [6.07, 6.45) is 9.19. The molecule has 0 bridgehead atoms. The lowest BCUT2D eigenvalue weighted by Gasteiger charge is -2.52. The summed E-state index contributed by atoms with van der Waals surface area (Å²) in [7, 11) is 11.9. The van der Waals surface area contributed by atoms with Crippen molar-refractivity contribution in [3.05, 3.63) is 23.3 Å². The largest absolute Gasteiger partial charge is 0.493 e. The van der Waals surface area contributed by atoms with Crippen LogP contribution in [0.2, 0.25) is 0 Å². The number of likely N-dealkylation sites (tertiary alicyclic amines) is 2. The van der Waals surface area contributed by atoms with E-state index in [4.69, 9.17) is 25.2 Å². The van der Waals surface area contributed by atoms with Gasteiger partial charge in [-0.2, -0.15) is 11.8 Å². The first-order valence-electron chi connectivity index (χ1n) is 20.4. The Balaban J connectivity index is 1.18. The predicted octanol–water partition coefficient (Wildman–Crippen LogP) is 8.80. The average molecular weight is 751 g/mol. The van der Waals surface area contributed by atoms with Crippen molar-refractivity contribution in [2.45, 2.75) is 146 Å². The first-order valence-corrected chi connectivity index (χ1v) is 21.4. The van der Waals surface area contributed by atoms with Crippen LogP contribution in [0, 0.1) is 28.6 Å². The Kier molecular flexibility index (Phi) is 12.4. The molecule has 3 aliphatic carbocycles. The molecule has 53 heavy (non-hydrogen) atoms. The fraction of sp³-hybridized carbons (Fsp3) is 0.810. The minimum absolute atomic E-state index is 0.00421. The van der Waals surface area contributed by atoms with Crippen molar-refractivity contribution in [3.63, 3.8) is 0 Å². The normalized spacial score (nSPS) is 29.1. The average Bonchev–Trinajstić information content (AvgIpc) is 3.76. The summed E-state index contributed by atoms with van der Waals surface area (Å²) < 4.78 is 39.6. The number of carbonyl (C=O) groups is 2. The summed E-state index contributed by atoms with van der Waals surface area (Å²) in [5.74, 6) is 3.66. The molecule has 6 rings (SSSR count). The number of rotatable bonds is 13. The van der Waals surface area contributed by atoms with Gasteiger partial charge in [0.25, 0.3) is 0 Å². The van der Waals surface area contributed by atoms with Gasteiger partial charge < -0.3 is 19.3 Å². The number of hydrogen-bond acceptors (Lipinski definition) is 6. The molecular weight excluding hydrogens is 688 g/mol. The van der Waals surface area contributed by atoms with Gasteiger partial charge in [-0.1, -0.05) is 34.6 Å². The summed E-state index contributed by atoms with van der Waals surface area (Å²) in [6.45, 7) is 15.1. The first kappa shape index (κ1) is 40.9. The molecule has 5 unspecified atom stereocenters. The molecule has 2 saturated carbocycles. The standard InChI is InChI=1S/C42H62B2F2N2O4S/c1-39(2,40(3,4)53-23-9-10-35(45)42(43,44)46)17-13-27-24-28-25-34(52-38(50)48-21-15-29(16-22-48)47-19-7-8-20-47)33(51-6)26-31(28)30-14-18-41(5)32(37(27)30)11-12-36(41)49/h25-27,29-30,32,35,37H,7-24H2,1-6H3/t27-,30?,32?,35?,37?,41?/m1/s1. The van der Waals surface area contributed by atoms with E-state index < -0.39 is 11.6 Å². The van der Waals surface area contributed by atoms with Gasteiger partial charge in [0.05, 0.1) is 12.6 Å². The van der Waals surface area contributed by atoms with Gasteiger partial charge in [0.15, 0.2) is 11.5 Å². The van der Waals surface area contributed by atoms with Crippen LogP contribution >= 0.6 is 11.8 Å². The second kappa shape index (κ2) is 16.0. The summed E-state index contributed by atoms with van der Waals surface area (Å²) in [6, 6.07) is 4.78. The van der Waals surface area contributed by atoms with Crippen molar-refractivity contribution in [2.24, 2.45) is 28.6 Å². The summed E-state index contributed by atoms with van der Waals surface area (Å²) in [5, 5.41) is 0. The van der Waals surface area contributed by atoms with E-state index in [1.807, 2.05) is 4.90 Å². The number of ketones is 1. The smallest absolute Gasteiger partial charge is 0.415 e. The topological polar surface area (TPSA) is 59.1 Å². The molecule has 1 aromatic carbocycles. The number of hydrogen-bond donors (Lipinski definition) is 0. The van der Waals surface area contributed by atoms with Crippen molar-refractivity contribution in [3.8, 4) is 11.5 Å². The molecule has 0 spiro atoms. The van der Waals surface area contributed by atoms with Gasteiger partial charge in [0, 0.05) is 35.7 Å². The number of fused-ring (bicyclic) bond motifs is 5. The fourth-order valence-electron chi connectivity index (χ4n) is 10.6. The molecule has 0 aromatic heterocycles. The third kappa shape index (κ3) is 8.51. The lowest BCUT2D eigenvalue weighted by atomic mass is 9.52. The maximum atomic E-state index is 14.1. The highest BCUT2D eigenvalue weighted by atomic mass is 32.2. The second-order valence-electron chi connectivity index (χ2n) is 18.4. The van der Waals surface area contributed by atoms with E-state index in [2.05, 4.69) is 51.7 Å². The van der Waals surface area contributed by atoms with Crippen molar-refractivity contribution in [1.82, 2.24) is 9.80 Å². The minimum Gasteiger partial charge on any atom is -0.493 e. The molecule has 2 aliphatic heterocycles. The van der Waals surface area contributed by atoms with Crippen LogP contribution in [0.5, 0.6) is 11.5 Å². The van der Waals surface area contributed by atoms with Crippen molar-refractivity contribution in [2.75, 3.05) is 39.0 Å². The number of benzene rings is 1. The van der Waals surface area contributed by atoms with Gasteiger partial charge >= 0.3 is 6.09 Å². The molecule has 2 saturated heterocycles. The van der Waals surface area contributed by atoms with Crippen LogP contribution in [-0.4, -0.2) is 98.8 Å². The number of nitrogens with zero attached hydrogens (tertiary/aromatic N) is 2. The molecule has 290 valence electrons. The van der Waals surface area contributed by atoms with E-state index in [1.54, 1.807) is 18.9 Å². The number of carbonyl (C=O) groups excluding carboxylic acids is 2. The van der Waals surface area contributed by atoms with E-state index in [-0.39, 0.29) is 28.1 Å². The third-order valence-corrected chi connectivity index (χ3v) is 16.6. The van der Waals surface area contributed by atoms with Gasteiger partial charge in [-0.15, -0.1) is 0 Å². The highest BCUT2D eigenvalue weighted by Gasteiger charge is 2.57. The number of piperidine rings is 1. The number of ether oxygens (including phenoxy) is 2. The number of amides is 1. The zero-order chi connectivity index (χ0) is 38.3. The van der Waals surface area contributed by atoms with Crippen molar-refractivity contribution in [1.29, 1.82) is 0 Å². The van der Waals surface area contributed by atoms with Crippen molar-refractivity contribution < 1.29 is 27.8 Å². The van der Waals surface area contributed by atoms with Crippen LogP contribution < -0.4 is 9.47 Å².